The van der Waals surface area contributed by atoms with Crippen molar-refractivity contribution < 1.29 is 13.2 Å². The molecule has 1 atom stereocenters. The maximum atomic E-state index is 13.0. The summed E-state index contributed by atoms with van der Waals surface area (Å²) in [5.41, 5.74) is 2.90. The summed E-state index contributed by atoms with van der Waals surface area (Å²) < 4.78 is 30.6. The predicted molar refractivity (Wildman–Crippen MR) is 101 cm³/mol. The molecule has 0 aliphatic carbocycles. The van der Waals surface area contributed by atoms with Crippen LogP contribution in [0.5, 0.6) is 0 Å². The number of rotatable bonds is 4. The van der Waals surface area contributed by atoms with Crippen LogP contribution in [0.15, 0.2) is 11.1 Å². The van der Waals surface area contributed by atoms with E-state index < -0.39 is 15.9 Å². The first-order valence-corrected chi connectivity index (χ1v) is 10.4. The SMILES string of the molecule is Cc1nn(C)c(C)c1NC(=O)[C@H]1CCCN(S(=O)(=O)c2cnn(C)c2C)C1. The minimum atomic E-state index is -3.67. The van der Waals surface area contributed by atoms with Crippen LogP contribution in [0, 0.1) is 26.7 Å². The average Bonchev–Trinajstić information content (AvgIpc) is 3.09. The second-order valence-electron chi connectivity index (χ2n) is 7.08. The van der Waals surface area contributed by atoms with Gasteiger partial charge in [-0.25, -0.2) is 8.42 Å². The van der Waals surface area contributed by atoms with E-state index in [9.17, 15) is 13.2 Å². The van der Waals surface area contributed by atoms with Crippen molar-refractivity contribution >= 4 is 21.6 Å². The number of hydrogen-bond acceptors (Lipinski definition) is 5. The molecule has 9 nitrogen and oxygen atoms in total. The zero-order valence-electron chi connectivity index (χ0n) is 16.4. The minimum absolute atomic E-state index is 0.168. The first-order chi connectivity index (χ1) is 12.6. The van der Waals surface area contributed by atoms with Crippen LogP contribution in [-0.2, 0) is 28.9 Å². The highest BCUT2D eigenvalue weighted by atomic mass is 32.2. The van der Waals surface area contributed by atoms with E-state index in [1.54, 1.807) is 18.7 Å². The summed E-state index contributed by atoms with van der Waals surface area (Å²) in [4.78, 5) is 13.0. The van der Waals surface area contributed by atoms with Gasteiger partial charge in [0.25, 0.3) is 0 Å². The Labute approximate surface area is 159 Å². The Morgan fingerprint density at radius 2 is 1.89 bits per heavy atom. The van der Waals surface area contributed by atoms with Gasteiger partial charge in [-0.3, -0.25) is 14.2 Å². The lowest BCUT2D eigenvalue weighted by Gasteiger charge is -2.31. The number of piperidine rings is 1. The Bertz CT molecular complexity index is 975. The number of anilines is 1. The molecule has 1 N–H and O–H groups in total. The lowest BCUT2D eigenvalue weighted by Crippen LogP contribution is -2.43. The largest absolute Gasteiger partial charge is 0.323 e. The van der Waals surface area contributed by atoms with Crippen molar-refractivity contribution in [2.75, 3.05) is 18.4 Å². The molecular weight excluding hydrogens is 368 g/mol. The van der Waals surface area contributed by atoms with E-state index in [-0.39, 0.29) is 17.3 Å². The Hall–Kier alpha value is -2.20. The number of carbonyl (C=O) groups is 1. The molecule has 0 aromatic carbocycles. The summed E-state index contributed by atoms with van der Waals surface area (Å²) in [6.07, 6.45) is 2.67. The quantitative estimate of drug-likeness (QED) is 0.837. The predicted octanol–water partition coefficient (Wildman–Crippen LogP) is 1.12. The molecule has 3 heterocycles. The van der Waals surface area contributed by atoms with Crippen molar-refractivity contribution in [2.45, 2.75) is 38.5 Å². The van der Waals surface area contributed by atoms with Gasteiger partial charge < -0.3 is 5.32 Å². The maximum absolute atomic E-state index is 13.0. The van der Waals surface area contributed by atoms with Crippen LogP contribution in [0.1, 0.15) is 29.9 Å². The standard InChI is InChI=1S/C17H26N6O3S/c1-11-16(13(3)22(5)20-11)19-17(24)14-7-6-8-23(10-14)27(25,26)15-9-18-21(4)12(15)2/h9,14H,6-8,10H2,1-5H3,(H,19,24)/t14-/m0/s1. The Balaban J connectivity index is 1.77. The normalized spacial score (nSPS) is 18.6. The van der Waals surface area contributed by atoms with Gasteiger partial charge in [-0.15, -0.1) is 0 Å². The molecule has 3 rings (SSSR count). The van der Waals surface area contributed by atoms with Crippen LogP contribution in [-0.4, -0.2) is 51.3 Å². The highest BCUT2D eigenvalue weighted by Gasteiger charge is 2.35. The van der Waals surface area contributed by atoms with Crippen LogP contribution in [0.4, 0.5) is 5.69 Å². The Morgan fingerprint density at radius 3 is 2.44 bits per heavy atom. The highest BCUT2D eigenvalue weighted by molar-refractivity contribution is 7.89. The summed E-state index contributed by atoms with van der Waals surface area (Å²) >= 11 is 0. The van der Waals surface area contributed by atoms with E-state index in [1.807, 2.05) is 20.9 Å². The lowest BCUT2D eigenvalue weighted by molar-refractivity contribution is -0.120. The van der Waals surface area contributed by atoms with E-state index >= 15 is 0 Å². The third-order valence-corrected chi connectivity index (χ3v) is 7.29. The molecular formula is C17H26N6O3S. The molecule has 0 spiro atoms. The molecule has 2 aromatic heterocycles. The summed E-state index contributed by atoms with van der Waals surface area (Å²) in [5.74, 6) is -0.568. The number of amides is 1. The van der Waals surface area contributed by atoms with Crippen molar-refractivity contribution in [1.82, 2.24) is 23.9 Å². The van der Waals surface area contributed by atoms with E-state index in [1.165, 1.54) is 15.2 Å². The van der Waals surface area contributed by atoms with Gasteiger partial charge in [0.2, 0.25) is 15.9 Å². The van der Waals surface area contributed by atoms with Crippen LogP contribution in [0.2, 0.25) is 0 Å². The maximum Gasteiger partial charge on any atom is 0.246 e. The molecule has 0 radical (unpaired) electrons. The minimum Gasteiger partial charge on any atom is -0.323 e. The van der Waals surface area contributed by atoms with Crippen LogP contribution in [0.25, 0.3) is 0 Å². The molecule has 0 saturated carbocycles. The fourth-order valence-electron chi connectivity index (χ4n) is 3.43. The van der Waals surface area contributed by atoms with Crippen molar-refractivity contribution in [3.8, 4) is 0 Å². The second kappa shape index (κ2) is 7.08. The Kier molecular flexibility index (Phi) is 5.13. The monoisotopic (exact) mass is 394 g/mol. The first-order valence-electron chi connectivity index (χ1n) is 8.92. The zero-order valence-corrected chi connectivity index (χ0v) is 17.2. The third-order valence-electron chi connectivity index (χ3n) is 5.32. The molecule has 1 fully saturated rings. The molecule has 0 bridgehead atoms. The number of nitrogens with zero attached hydrogens (tertiary/aromatic N) is 5. The van der Waals surface area contributed by atoms with Gasteiger partial charge in [0.15, 0.2) is 0 Å². The van der Waals surface area contributed by atoms with Crippen molar-refractivity contribution in [3.63, 3.8) is 0 Å². The fourth-order valence-corrected chi connectivity index (χ4v) is 5.13. The van der Waals surface area contributed by atoms with E-state index in [2.05, 4.69) is 15.5 Å². The number of sulfonamides is 1. The van der Waals surface area contributed by atoms with Crippen LogP contribution in [0.3, 0.4) is 0 Å². The fraction of sp³-hybridized carbons (Fsp3) is 0.588. The number of carbonyl (C=O) groups excluding carboxylic acids is 1. The smallest absolute Gasteiger partial charge is 0.246 e. The molecule has 2 aromatic rings. The Morgan fingerprint density at radius 1 is 1.19 bits per heavy atom. The summed E-state index contributed by atoms with van der Waals surface area (Å²) in [6, 6.07) is 0. The van der Waals surface area contributed by atoms with Gasteiger partial charge in [0, 0.05) is 27.2 Å². The van der Waals surface area contributed by atoms with E-state index in [0.717, 1.165) is 11.4 Å². The van der Waals surface area contributed by atoms with Gasteiger partial charge in [0.05, 0.1) is 34.9 Å². The second-order valence-corrected chi connectivity index (χ2v) is 8.99. The van der Waals surface area contributed by atoms with Crippen LogP contribution < -0.4 is 5.32 Å². The molecule has 148 valence electrons. The topological polar surface area (TPSA) is 102 Å². The molecule has 1 aliphatic rings. The van der Waals surface area contributed by atoms with Gasteiger partial charge in [-0.05, 0) is 33.6 Å². The third kappa shape index (κ3) is 3.51. The number of aromatic nitrogens is 4. The summed E-state index contributed by atoms with van der Waals surface area (Å²) in [6.45, 7) is 6.03. The summed E-state index contributed by atoms with van der Waals surface area (Å²) in [5, 5.41) is 11.3. The lowest BCUT2D eigenvalue weighted by atomic mass is 9.98. The molecule has 10 heteroatoms. The number of hydrogen-bond donors (Lipinski definition) is 1. The summed E-state index contributed by atoms with van der Waals surface area (Å²) in [7, 11) is -0.140. The molecule has 1 saturated heterocycles. The van der Waals surface area contributed by atoms with Gasteiger partial charge in [0.1, 0.15) is 4.90 Å². The number of nitrogens with one attached hydrogen (secondary N) is 1. The van der Waals surface area contributed by atoms with Gasteiger partial charge in [-0.1, -0.05) is 0 Å². The number of aryl methyl sites for hydroxylation is 3. The van der Waals surface area contributed by atoms with Gasteiger partial charge >= 0.3 is 0 Å². The first kappa shape index (κ1) is 19.6. The zero-order chi connectivity index (χ0) is 19.9. The van der Waals surface area contributed by atoms with E-state index in [4.69, 9.17) is 0 Å². The van der Waals surface area contributed by atoms with Crippen molar-refractivity contribution in [1.29, 1.82) is 0 Å². The molecule has 27 heavy (non-hydrogen) atoms. The van der Waals surface area contributed by atoms with Crippen LogP contribution >= 0.6 is 0 Å². The van der Waals surface area contributed by atoms with Crippen molar-refractivity contribution in [3.05, 3.63) is 23.3 Å². The highest BCUT2D eigenvalue weighted by Crippen LogP contribution is 2.27. The molecule has 0 unspecified atom stereocenters. The molecule has 1 aliphatic heterocycles. The average molecular weight is 395 g/mol. The van der Waals surface area contributed by atoms with Crippen molar-refractivity contribution in [2.24, 2.45) is 20.0 Å². The van der Waals surface area contributed by atoms with E-state index in [0.29, 0.717) is 30.8 Å². The molecule has 1 amide bonds. The van der Waals surface area contributed by atoms with Gasteiger partial charge in [-0.2, -0.15) is 14.5 Å².